The molecule has 0 radical (unpaired) electrons. The lowest BCUT2D eigenvalue weighted by Crippen LogP contribution is -2.40. The van der Waals surface area contributed by atoms with Gasteiger partial charge in [-0.2, -0.15) is 0 Å². The van der Waals surface area contributed by atoms with Crippen molar-refractivity contribution in [2.75, 3.05) is 13.7 Å². The van der Waals surface area contributed by atoms with E-state index >= 15 is 0 Å². The minimum absolute atomic E-state index is 0.0312. The standard InChI is InChI=1S/C34H32FIN2O6S/c1-6-42-24-13-11-22(12-14-24)30-29(33(40)44-19(2)3)20(4)37-34-38(30)32(39)28(45-34)17-21-15-26(36)31(27(16-21)41-5)43-18-23-9-7-8-10-25(23)35/h7-17,19,30H,6,18H2,1-5H3/b28-17+/t30-/m0/s1. The van der Waals surface area contributed by atoms with Crippen LogP contribution >= 0.6 is 33.9 Å². The molecule has 0 unspecified atom stereocenters. The van der Waals surface area contributed by atoms with Crippen molar-refractivity contribution in [3.05, 3.63) is 118 Å². The third-order valence-corrected chi connectivity index (χ3v) is 8.75. The topological polar surface area (TPSA) is 88.4 Å². The number of esters is 1. The van der Waals surface area contributed by atoms with Crippen LogP contribution in [0.4, 0.5) is 4.39 Å². The third kappa shape index (κ3) is 6.99. The number of carbonyl (C=O) groups is 1. The molecule has 0 N–H and O–H groups in total. The van der Waals surface area contributed by atoms with Gasteiger partial charge in [-0.1, -0.05) is 41.7 Å². The molecule has 8 nitrogen and oxygen atoms in total. The van der Waals surface area contributed by atoms with Gasteiger partial charge in [0.2, 0.25) is 0 Å². The average Bonchev–Trinajstić information content (AvgIpc) is 3.30. The normalized spacial score (nSPS) is 14.7. The lowest BCUT2D eigenvalue weighted by Gasteiger charge is -2.25. The number of aromatic nitrogens is 1. The van der Waals surface area contributed by atoms with Crippen LogP contribution in [0.3, 0.4) is 0 Å². The summed E-state index contributed by atoms with van der Waals surface area (Å²) in [5.41, 5.74) is 2.35. The van der Waals surface area contributed by atoms with Crippen molar-refractivity contribution in [1.29, 1.82) is 0 Å². The summed E-state index contributed by atoms with van der Waals surface area (Å²) in [4.78, 5) is 32.6. The monoisotopic (exact) mass is 742 g/mol. The molecule has 45 heavy (non-hydrogen) atoms. The predicted molar refractivity (Wildman–Crippen MR) is 179 cm³/mol. The molecular weight excluding hydrogens is 710 g/mol. The highest BCUT2D eigenvalue weighted by atomic mass is 127. The van der Waals surface area contributed by atoms with Crippen molar-refractivity contribution in [2.24, 2.45) is 4.99 Å². The molecule has 0 aliphatic carbocycles. The molecule has 0 fully saturated rings. The van der Waals surface area contributed by atoms with Crippen LogP contribution in [0.2, 0.25) is 0 Å². The first-order valence-corrected chi connectivity index (χ1v) is 16.2. The van der Waals surface area contributed by atoms with Gasteiger partial charge >= 0.3 is 5.97 Å². The number of ether oxygens (including phenoxy) is 4. The van der Waals surface area contributed by atoms with Crippen molar-refractivity contribution in [3.63, 3.8) is 0 Å². The Morgan fingerprint density at radius 3 is 2.53 bits per heavy atom. The minimum Gasteiger partial charge on any atom is -0.494 e. The van der Waals surface area contributed by atoms with Gasteiger partial charge in [0.1, 0.15) is 18.2 Å². The maximum Gasteiger partial charge on any atom is 0.338 e. The van der Waals surface area contributed by atoms with Crippen molar-refractivity contribution < 1.29 is 28.1 Å². The second-order valence-corrected chi connectivity index (χ2v) is 12.6. The van der Waals surface area contributed by atoms with Crippen LogP contribution in [0.1, 0.15) is 50.4 Å². The summed E-state index contributed by atoms with van der Waals surface area (Å²) in [6.45, 7) is 7.76. The van der Waals surface area contributed by atoms with Gasteiger partial charge in [0.15, 0.2) is 16.3 Å². The number of fused-ring (bicyclic) bond motifs is 1. The molecule has 1 aromatic heterocycles. The van der Waals surface area contributed by atoms with Crippen molar-refractivity contribution >= 4 is 46.0 Å². The molecule has 0 bridgehead atoms. The summed E-state index contributed by atoms with van der Waals surface area (Å²) < 4.78 is 39.6. The molecule has 5 rings (SSSR count). The average molecular weight is 743 g/mol. The van der Waals surface area contributed by atoms with Crippen molar-refractivity contribution in [2.45, 2.75) is 46.4 Å². The van der Waals surface area contributed by atoms with E-state index < -0.39 is 12.0 Å². The predicted octanol–water partition coefficient (Wildman–Crippen LogP) is 5.92. The van der Waals surface area contributed by atoms with Gasteiger partial charge in [0, 0.05) is 5.56 Å². The number of halogens is 2. The maximum atomic E-state index is 14.2. The number of methoxy groups -OCH3 is 1. The van der Waals surface area contributed by atoms with Crippen LogP contribution in [-0.4, -0.2) is 30.4 Å². The molecule has 0 spiro atoms. The smallest absolute Gasteiger partial charge is 0.338 e. The number of nitrogens with zero attached hydrogens (tertiary/aromatic N) is 2. The lowest BCUT2D eigenvalue weighted by molar-refractivity contribution is -0.143. The van der Waals surface area contributed by atoms with E-state index in [-0.39, 0.29) is 24.1 Å². The highest BCUT2D eigenvalue weighted by Gasteiger charge is 2.34. The number of thiazole rings is 1. The molecular formula is C34H32FIN2O6S. The molecule has 1 atom stereocenters. The van der Waals surface area contributed by atoms with Gasteiger partial charge in [-0.25, -0.2) is 14.2 Å². The number of benzene rings is 3. The fourth-order valence-electron chi connectivity index (χ4n) is 4.97. The zero-order chi connectivity index (χ0) is 32.2. The molecule has 3 aromatic carbocycles. The Bertz CT molecular complexity index is 1950. The number of hydrogen-bond donors (Lipinski definition) is 0. The Kier molecular flexibility index (Phi) is 10.1. The first-order chi connectivity index (χ1) is 21.6. The van der Waals surface area contributed by atoms with Crippen LogP contribution in [0.5, 0.6) is 17.2 Å². The molecule has 1 aliphatic heterocycles. The van der Waals surface area contributed by atoms with Gasteiger partial charge in [-0.15, -0.1) is 0 Å². The Morgan fingerprint density at radius 2 is 1.87 bits per heavy atom. The quantitative estimate of drug-likeness (QED) is 0.148. The summed E-state index contributed by atoms with van der Waals surface area (Å²) >= 11 is 3.36. The maximum absolute atomic E-state index is 14.2. The van der Waals surface area contributed by atoms with Gasteiger partial charge in [-0.3, -0.25) is 9.36 Å². The second kappa shape index (κ2) is 14.0. The van der Waals surface area contributed by atoms with Crippen LogP contribution < -0.4 is 29.1 Å². The summed E-state index contributed by atoms with van der Waals surface area (Å²) in [6, 6.07) is 16.6. The van der Waals surface area contributed by atoms with Crippen LogP contribution in [0, 0.1) is 9.39 Å². The second-order valence-electron chi connectivity index (χ2n) is 10.5. The van der Waals surface area contributed by atoms with Crippen LogP contribution in [0.15, 0.2) is 81.7 Å². The summed E-state index contributed by atoms with van der Waals surface area (Å²) in [7, 11) is 1.52. The number of allylic oxidation sites excluding steroid dienone is 1. The Hall–Kier alpha value is -3.97. The van der Waals surface area contributed by atoms with Crippen LogP contribution in [0.25, 0.3) is 6.08 Å². The molecule has 1 aliphatic rings. The summed E-state index contributed by atoms with van der Waals surface area (Å²) in [6.07, 6.45) is 1.41. The van der Waals surface area contributed by atoms with E-state index in [4.69, 9.17) is 18.9 Å². The van der Waals surface area contributed by atoms with E-state index in [1.165, 1.54) is 24.5 Å². The molecule has 0 saturated heterocycles. The Balaban J connectivity index is 1.57. The molecule has 2 heterocycles. The van der Waals surface area contributed by atoms with Gasteiger partial charge in [0.25, 0.3) is 5.56 Å². The van der Waals surface area contributed by atoms with E-state index in [0.717, 1.165) is 9.13 Å². The zero-order valence-corrected chi connectivity index (χ0v) is 28.4. The minimum atomic E-state index is -0.742. The first kappa shape index (κ1) is 32.4. The Labute approximate surface area is 277 Å². The lowest BCUT2D eigenvalue weighted by atomic mass is 9.96. The zero-order valence-electron chi connectivity index (χ0n) is 25.4. The molecule has 234 valence electrons. The van der Waals surface area contributed by atoms with E-state index in [1.54, 1.807) is 55.7 Å². The fourth-order valence-corrected chi connectivity index (χ4v) is 6.80. The van der Waals surface area contributed by atoms with Gasteiger partial charge in [-0.05, 0) is 97.8 Å². The highest BCUT2D eigenvalue weighted by Crippen LogP contribution is 2.35. The summed E-state index contributed by atoms with van der Waals surface area (Å²) in [5, 5.41) is 0. The Morgan fingerprint density at radius 1 is 1.13 bits per heavy atom. The fraction of sp³-hybridized carbons (Fsp3) is 0.265. The SMILES string of the molecule is CCOc1ccc([C@H]2C(C(=O)OC(C)C)=C(C)N=c3s/c(=C/c4cc(I)c(OCc5ccccc5F)c(OC)c4)c(=O)n32)cc1. The first-order valence-electron chi connectivity index (χ1n) is 14.3. The van der Waals surface area contributed by atoms with E-state index in [2.05, 4.69) is 27.6 Å². The summed E-state index contributed by atoms with van der Waals surface area (Å²) in [5.74, 6) is 0.728. The largest absolute Gasteiger partial charge is 0.494 e. The molecule has 11 heteroatoms. The molecule has 0 saturated carbocycles. The highest BCUT2D eigenvalue weighted by molar-refractivity contribution is 14.1. The molecule has 4 aromatic rings. The van der Waals surface area contributed by atoms with Crippen LogP contribution in [-0.2, 0) is 16.1 Å². The number of hydrogen-bond acceptors (Lipinski definition) is 8. The number of rotatable bonds is 10. The number of carbonyl (C=O) groups excluding carboxylic acids is 1. The van der Waals surface area contributed by atoms with E-state index in [0.29, 0.717) is 55.6 Å². The van der Waals surface area contributed by atoms with Gasteiger partial charge in [0.05, 0.1) is 45.2 Å². The van der Waals surface area contributed by atoms with Crippen molar-refractivity contribution in [3.8, 4) is 17.2 Å². The third-order valence-electron chi connectivity index (χ3n) is 6.97. The van der Waals surface area contributed by atoms with E-state index in [9.17, 15) is 14.0 Å². The van der Waals surface area contributed by atoms with Gasteiger partial charge < -0.3 is 18.9 Å². The van der Waals surface area contributed by atoms with E-state index in [1.807, 2.05) is 37.3 Å². The van der Waals surface area contributed by atoms with Crippen molar-refractivity contribution in [1.82, 2.24) is 4.57 Å². The molecule has 0 amide bonds.